The number of allylic oxidation sites excluding steroid dienone is 1. The van der Waals surface area contributed by atoms with Crippen molar-refractivity contribution in [3.05, 3.63) is 53.6 Å². The molecule has 0 bridgehead atoms. The maximum Gasteiger partial charge on any atom is 0.331 e. The number of carbonyl (C=O) groups is 1. The van der Waals surface area contributed by atoms with Crippen molar-refractivity contribution in [2.75, 3.05) is 0 Å². The van der Waals surface area contributed by atoms with Crippen LogP contribution in [0.2, 0.25) is 0 Å². The van der Waals surface area contributed by atoms with Crippen molar-refractivity contribution in [3.63, 3.8) is 0 Å². The molecule has 4 aliphatic carbocycles. The molecule has 8 atom stereocenters. The largest absolute Gasteiger partial charge is 0.459 e. The zero-order chi connectivity index (χ0) is 26.9. The van der Waals surface area contributed by atoms with E-state index in [0.717, 1.165) is 53.9 Å². The Morgan fingerprint density at radius 1 is 1.00 bits per heavy atom. The smallest absolute Gasteiger partial charge is 0.331 e. The minimum atomic E-state index is -0.204. The number of carbonyl (C=O) groups excluding carboxylic acids is 1. The third-order valence-corrected chi connectivity index (χ3v) is 11.8. The lowest BCUT2D eigenvalue weighted by atomic mass is 9.47. The SMILES string of the molecule is CC(C)CCC[C@@H](C)[C@H]1CCC2C3CC=C4C[C@@H](OC(=O)/C=C/c5ccccc5)CC[C@]4(C)C3CC[C@@]21C. The molecule has 0 amide bonds. The van der Waals surface area contributed by atoms with Crippen LogP contribution in [-0.2, 0) is 9.53 Å². The van der Waals surface area contributed by atoms with Crippen LogP contribution >= 0.6 is 0 Å². The predicted octanol–water partition coefficient (Wildman–Crippen LogP) is 9.65. The minimum Gasteiger partial charge on any atom is -0.459 e. The van der Waals surface area contributed by atoms with Crippen molar-refractivity contribution < 1.29 is 9.53 Å². The first-order valence-corrected chi connectivity index (χ1v) is 15.8. The standard InChI is InChI=1S/C36H52O2/c1-25(2)10-9-11-26(3)31-17-18-32-30-16-15-28-24-29(38-34(37)19-14-27-12-7-6-8-13-27)20-22-35(28,4)33(30)21-23-36(31,32)5/h6-8,12-15,19,25-26,29-33H,9-11,16-18,20-24H2,1-5H3/b19-14+/t26-,29+,30?,31-,32?,33?,35+,36-/m1/s1. The molecule has 5 rings (SSSR count). The predicted molar refractivity (Wildman–Crippen MR) is 158 cm³/mol. The van der Waals surface area contributed by atoms with Gasteiger partial charge in [0.15, 0.2) is 0 Å². The molecule has 2 nitrogen and oxygen atoms in total. The van der Waals surface area contributed by atoms with E-state index in [1.807, 2.05) is 36.4 Å². The maximum atomic E-state index is 12.6. The van der Waals surface area contributed by atoms with E-state index in [9.17, 15) is 4.79 Å². The van der Waals surface area contributed by atoms with Gasteiger partial charge < -0.3 is 4.74 Å². The zero-order valence-electron chi connectivity index (χ0n) is 24.8. The molecule has 3 fully saturated rings. The van der Waals surface area contributed by atoms with Crippen molar-refractivity contribution in [1.29, 1.82) is 0 Å². The summed E-state index contributed by atoms with van der Waals surface area (Å²) in [6.07, 6.45) is 20.3. The van der Waals surface area contributed by atoms with Gasteiger partial charge in [-0.1, -0.05) is 95.9 Å². The van der Waals surface area contributed by atoms with E-state index < -0.39 is 0 Å². The Morgan fingerprint density at radius 3 is 2.55 bits per heavy atom. The molecule has 38 heavy (non-hydrogen) atoms. The average Bonchev–Trinajstić information content (AvgIpc) is 3.25. The topological polar surface area (TPSA) is 26.3 Å². The van der Waals surface area contributed by atoms with Crippen LogP contribution in [0.3, 0.4) is 0 Å². The third kappa shape index (κ3) is 5.44. The average molecular weight is 517 g/mol. The van der Waals surface area contributed by atoms with Gasteiger partial charge >= 0.3 is 5.97 Å². The van der Waals surface area contributed by atoms with Crippen molar-refractivity contribution in [1.82, 2.24) is 0 Å². The summed E-state index contributed by atoms with van der Waals surface area (Å²) in [7, 11) is 0. The van der Waals surface area contributed by atoms with E-state index in [1.54, 1.807) is 11.6 Å². The Morgan fingerprint density at radius 2 is 1.79 bits per heavy atom. The molecule has 2 heteroatoms. The fourth-order valence-electron chi connectivity index (χ4n) is 9.68. The van der Waals surface area contributed by atoms with Gasteiger partial charge in [0.1, 0.15) is 6.10 Å². The molecular formula is C36H52O2. The van der Waals surface area contributed by atoms with Gasteiger partial charge in [0.25, 0.3) is 0 Å². The van der Waals surface area contributed by atoms with Crippen LogP contribution in [0.5, 0.6) is 0 Å². The van der Waals surface area contributed by atoms with E-state index in [0.29, 0.717) is 10.8 Å². The Hall–Kier alpha value is -1.83. The van der Waals surface area contributed by atoms with Crippen LogP contribution in [-0.4, -0.2) is 12.1 Å². The lowest BCUT2D eigenvalue weighted by Crippen LogP contribution is -2.51. The van der Waals surface area contributed by atoms with Crippen LogP contribution in [0.1, 0.15) is 111 Å². The molecule has 1 aromatic carbocycles. The van der Waals surface area contributed by atoms with Gasteiger partial charge in [-0.15, -0.1) is 0 Å². The van der Waals surface area contributed by atoms with Crippen LogP contribution in [0, 0.1) is 46.3 Å². The first-order chi connectivity index (χ1) is 18.2. The second-order valence-corrected chi connectivity index (χ2v) is 14.3. The highest BCUT2D eigenvalue weighted by molar-refractivity contribution is 5.87. The molecule has 3 saturated carbocycles. The van der Waals surface area contributed by atoms with Gasteiger partial charge in [0, 0.05) is 12.5 Å². The van der Waals surface area contributed by atoms with Gasteiger partial charge in [-0.2, -0.15) is 0 Å². The van der Waals surface area contributed by atoms with Crippen LogP contribution < -0.4 is 0 Å². The second-order valence-electron chi connectivity index (χ2n) is 14.3. The van der Waals surface area contributed by atoms with Crippen molar-refractivity contribution >= 4 is 12.0 Å². The van der Waals surface area contributed by atoms with Crippen LogP contribution in [0.25, 0.3) is 6.08 Å². The van der Waals surface area contributed by atoms with Gasteiger partial charge in [-0.05, 0) is 103 Å². The number of hydrogen-bond acceptors (Lipinski definition) is 2. The summed E-state index contributed by atoms with van der Waals surface area (Å²) in [5.41, 5.74) is 3.46. The van der Waals surface area contributed by atoms with E-state index in [-0.39, 0.29) is 12.1 Å². The van der Waals surface area contributed by atoms with E-state index in [4.69, 9.17) is 4.74 Å². The number of benzene rings is 1. The fourth-order valence-corrected chi connectivity index (χ4v) is 9.68. The quantitative estimate of drug-likeness (QED) is 0.195. The lowest BCUT2D eigenvalue weighted by Gasteiger charge is -2.58. The lowest BCUT2D eigenvalue weighted by molar-refractivity contribution is -0.145. The summed E-state index contributed by atoms with van der Waals surface area (Å²) in [4.78, 5) is 12.6. The molecule has 3 unspecified atom stereocenters. The number of esters is 1. The third-order valence-electron chi connectivity index (χ3n) is 11.8. The molecule has 0 radical (unpaired) electrons. The number of rotatable bonds is 8. The maximum absolute atomic E-state index is 12.6. The van der Waals surface area contributed by atoms with E-state index in [1.165, 1.54) is 57.8 Å². The molecule has 0 N–H and O–H groups in total. The minimum absolute atomic E-state index is 0.0233. The summed E-state index contributed by atoms with van der Waals surface area (Å²) in [5.74, 6) is 4.97. The Labute approximate surface area is 232 Å². The molecule has 0 aromatic heterocycles. The number of fused-ring (bicyclic) bond motifs is 5. The zero-order valence-corrected chi connectivity index (χ0v) is 24.8. The van der Waals surface area contributed by atoms with E-state index >= 15 is 0 Å². The second kappa shape index (κ2) is 11.3. The molecule has 0 saturated heterocycles. The van der Waals surface area contributed by atoms with Crippen molar-refractivity contribution in [3.8, 4) is 0 Å². The van der Waals surface area contributed by atoms with E-state index in [2.05, 4.69) is 40.7 Å². The number of ether oxygens (including phenoxy) is 1. The normalized spacial score (nSPS) is 37.3. The van der Waals surface area contributed by atoms with Crippen LogP contribution in [0.15, 0.2) is 48.1 Å². The van der Waals surface area contributed by atoms with Gasteiger partial charge in [0.05, 0.1) is 0 Å². The Bertz CT molecular complexity index is 1020. The highest BCUT2D eigenvalue weighted by atomic mass is 16.5. The summed E-state index contributed by atoms with van der Waals surface area (Å²) >= 11 is 0. The molecule has 208 valence electrons. The first-order valence-electron chi connectivity index (χ1n) is 15.8. The molecule has 0 heterocycles. The molecule has 0 aliphatic heterocycles. The monoisotopic (exact) mass is 516 g/mol. The molecule has 0 spiro atoms. The van der Waals surface area contributed by atoms with Gasteiger partial charge in [-0.3, -0.25) is 0 Å². The van der Waals surface area contributed by atoms with Crippen molar-refractivity contribution in [2.45, 2.75) is 111 Å². The van der Waals surface area contributed by atoms with Gasteiger partial charge in [0.2, 0.25) is 0 Å². The molecular weight excluding hydrogens is 464 g/mol. The first kappa shape index (κ1) is 27.7. The summed E-state index contributed by atoms with van der Waals surface area (Å²) in [5, 5.41) is 0. The Balaban J connectivity index is 1.22. The molecule has 4 aliphatic rings. The summed E-state index contributed by atoms with van der Waals surface area (Å²) in [6, 6.07) is 9.99. The number of hydrogen-bond donors (Lipinski definition) is 0. The highest BCUT2D eigenvalue weighted by Crippen LogP contribution is 2.67. The summed E-state index contributed by atoms with van der Waals surface area (Å²) < 4.78 is 5.95. The van der Waals surface area contributed by atoms with Gasteiger partial charge in [-0.25, -0.2) is 4.79 Å². The van der Waals surface area contributed by atoms with Crippen molar-refractivity contribution in [2.24, 2.45) is 46.3 Å². The highest BCUT2D eigenvalue weighted by Gasteiger charge is 2.59. The fraction of sp³-hybridized carbons (Fsp3) is 0.694. The molecule has 1 aromatic rings. The Kier molecular flexibility index (Phi) is 8.28. The van der Waals surface area contributed by atoms with Crippen LogP contribution in [0.4, 0.5) is 0 Å². The summed E-state index contributed by atoms with van der Waals surface area (Å²) in [6.45, 7) is 12.6.